The topological polar surface area (TPSA) is 115 Å². The van der Waals surface area contributed by atoms with Crippen LogP contribution in [0.5, 0.6) is 0 Å². The van der Waals surface area contributed by atoms with Gasteiger partial charge in [-0.05, 0) is 24.0 Å². The Morgan fingerprint density at radius 3 is 2.38 bits per heavy atom. The first-order valence-corrected chi connectivity index (χ1v) is 10.9. The van der Waals surface area contributed by atoms with Gasteiger partial charge in [0.25, 0.3) is 0 Å². The second kappa shape index (κ2) is 9.12. The Bertz CT molecular complexity index is 800. The number of hydrogen-bond acceptors (Lipinski definition) is 5. The summed E-state index contributed by atoms with van der Waals surface area (Å²) in [5.41, 5.74) is -1.35. The molecule has 2 unspecified atom stereocenters. The lowest BCUT2D eigenvalue weighted by Crippen LogP contribution is -2.34. The molecular weight excluding hydrogens is 409 g/mol. The molecule has 0 aliphatic rings. The molecule has 1 N–H and O–H groups in total. The van der Waals surface area contributed by atoms with Crippen molar-refractivity contribution in [3.8, 4) is 0 Å². The molecule has 0 saturated heterocycles. The minimum absolute atomic E-state index is 0.0454. The van der Waals surface area contributed by atoms with E-state index in [9.17, 15) is 26.4 Å². The third kappa shape index (κ3) is 6.19. The van der Waals surface area contributed by atoms with Crippen LogP contribution in [0, 0.1) is 17.7 Å². The van der Waals surface area contributed by atoms with Crippen molar-refractivity contribution < 1.29 is 31.5 Å². The highest BCUT2D eigenvalue weighted by Gasteiger charge is 2.25. The number of carboxylic acids is 1. The van der Waals surface area contributed by atoms with E-state index < -0.39 is 50.1 Å². The highest BCUT2D eigenvalue weighted by molar-refractivity contribution is 7.91. The molecule has 0 saturated carbocycles. The number of hydrogen-bond donors (Lipinski definition) is 1. The lowest BCUT2D eigenvalue weighted by molar-refractivity contribution is 0.0692. The van der Waals surface area contributed by atoms with Crippen LogP contribution in [0.25, 0.3) is 0 Å². The summed E-state index contributed by atoms with van der Waals surface area (Å²) in [6.45, 7) is 4.68. The molecule has 1 rings (SSSR count). The second-order valence-corrected chi connectivity index (χ2v) is 9.85. The van der Waals surface area contributed by atoms with E-state index in [1.54, 1.807) is 13.8 Å². The summed E-state index contributed by atoms with van der Waals surface area (Å²) in [6, 6.07) is 2.11. The third-order valence-corrected chi connectivity index (χ3v) is 6.61. The summed E-state index contributed by atoms with van der Waals surface area (Å²) in [5, 5.41) is 8.66. The van der Waals surface area contributed by atoms with E-state index >= 15 is 0 Å². The largest absolute Gasteiger partial charge is 0.755 e. The molecule has 11 heteroatoms. The SMILES string of the molecule is CC(C)CS(=O)(=O)CC(C)CN(c1ccc(Cl)c(C(=O)O)c1F)S(=O)[O-]. The Kier molecular flexibility index (Phi) is 8.00. The first kappa shape index (κ1) is 22.8. The van der Waals surface area contributed by atoms with Crippen LogP contribution >= 0.6 is 11.6 Å². The molecule has 0 aliphatic carbocycles. The zero-order valence-electron chi connectivity index (χ0n) is 14.4. The molecule has 2 atom stereocenters. The van der Waals surface area contributed by atoms with Crippen LogP contribution in [-0.2, 0) is 21.1 Å². The number of halogens is 2. The monoisotopic (exact) mass is 428 g/mol. The number of rotatable bonds is 9. The first-order chi connectivity index (χ1) is 11.9. The van der Waals surface area contributed by atoms with Crippen molar-refractivity contribution in [2.24, 2.45) is 11.8 Å². The van der Waals surface area contributed by atoms with Crippen molar-refractivity contribution in [1.29, 1.82) is 0 Å². The number of aromatic carboxylic acids is 1. The van der Waals surface area contributed by atoms with Crippen molar-refractivity contribution in [3.63, 3.8) is 0 Å². The normalized spacial score (nSPS) is 14.3. The van der Waals surface area contributed by atoms with Crippen LogP contribution in [0.2, 0.25) is 5.02 Å². The Labute approximate surface area is 159 Å². The second-order valence-electron chi connectivity index (χ2n) is 6.41. The van der Waals surface area contributed by atoms with Crippen molar-refractivity contribution in [3.05, 3.63) is 28.5 Å². The maximum absolute atomic E-state index is 14.5. The third-order valence-electron chi connectivity index (χ3n) is 3.34. The molecule has 0 heterocycles. The van der Waals surface area contributed by atoms with Gasteiger partial charge >= 0.3 is 5.97 Å². The lowest BCUT2D eigenvalue weighted by atomic mass is 10.1. The maximum Gasteiger partial charge on any atom is 0.340 e. The number of nitrogens with zero attached hydrogens (tertiary/aromatic N) is 1. The van der Waals surface area contributed by atoms with Gasteiger partial charge in [-0.15, -0.1) is 0 Å². The van der Waals surface area contributed by atoms with Gasteiger partial charge in [-0.1, -0.05) is 32.4 Å². The summed E-state index contributed by atoms with van der Waals surface area (Å²) in [6.07, 6.45) is 0. The fourth-order valence-electron chi connectivity index (χ4n) is 2.51. The van der Waals surface area contributed by atoms with Crippen LogP contribution in [-0.4, -0.2) is 46.3 Å². The summed E-state index contributed by atoms with van der Waals surface area (Å²) >= 11 is 2.71. The Balaban J connectivity index is 3.14. The van der Waals surface area contributed by atoms with Gasteiger partial charge in [-0.2, -0.15) is 0 Å². The van der Waals surface area contributed by atoms with Crippen molar-refractivity contribution in [2.45, 2.75) is 20.8 Å². The van der Waals surface area contributed by atoms with Crippen LogP contribution < -0.4 is 4.31 Å². The van der Waals surface area contributed by atoms with Crippen molar-refractivity contribution in [1.82, 2.24) is 0 Å². The highest BCUT2D eigenvalue weighted by atomic mass is 35.5. The number of benzene rings is 1. The van der Waals surface area contributed by atoms with E-state index in [1.807, 2.05) is 0 Å². The van der Waals surface area contributed by atoms with Gasteiger partial charge < -0.3 is 9.66 Å². The molecule has 0 spiro atoms. The van der Waals surface area contributed by atoms with Gasteiger partial charge in [-0.3, -0.25) is 8.51 Å². The predicted octanol–water partition coefficient (Wildman–Crippen LogP) is 2.48. The molecule has 7 nitrogen and oxygen atoms in total. The smallest absolute Gasteiger partial charge is 0.340 e. The molecule has 0 bridgehead atoms. The van der Waals surface area contributed by atoms with Crippen LogP contribution in [0.15, 0.2) is 12.1 Å². The predicted molar refractivity (Wildman–Crippen MR) is 97.3 cm³/mol. The molecular formula is C15H20ClFNO6S2-. The van der Waals surface area contributed by atoms with E-state index in [-0.39, 0.29) is 29.0 Å². The minimum atomic E-state index is -3.41. The fourth-order valence-corrected chi connectivity index (χ4v) is 5.54. The van der Waals surface area contributed by atoms with Crippen LogP contribution in [0.1, 0.15) is 31.1 Å². The van der Waals surface area contributed by atoms with E-state index in [0.29, 0.717) is 4.31 Å². The van der Waals surface area contributed by atoms with Gasteiger partial charge in [-0.25, -0.2) is 17.6 Å². The molecule has 148 valence electrons. The number of carboxylic acid groups (broad SMARTS) is 1. The molecule has 1 aromatic rings. The van der Waals surface area contributed by atoms with Gasteiger partial charge in [0.15, 0.2) is 15.7 Å². The van der Waals surface area contributed by atoms with Crippen LogP contribution in [0.4, 0.5) is 10.1 Å². The van der Waals surface area contributed by atoms with Gasteiger partial charge in [0, 0.05) is 17.8 Å². The number of anilines is 1. The summed E-state index contributed by atoms with van der Waals surface area (Å²) in [7, 11) is -3.41. The van der Waals surface area contributed by atoms with Crippen molar-refractivity contribution in [2.75, 3.05) is 22.4 Å². The maximum atomic E-state index is 14.5. The Hall–Kier alpha value is -1.23. The van der Waals surface area contributed by atoms with Gasteiger partial charge in [0.1, 0.15) is 5.56 Å². The van der Waals surface area contributed by atoms with E-state index in [0.717, 1.165) is 12.1 Å². The molecule has 26 heavy (non-hydrogen) atoms. The number of carbonyl (C=O) groups is 1. The standard InChI is InChI=1S/C15H21ClFNO6S2/c1-9(2)7-26(23,24)8-10(3)6-18(25(21)22)12-5-4-11(16)13(14(12)17)15(19)20/h4-5,9-10H,6-8H2,1-3H3,(H,19,20)(H,21,22)/p-1. The average molecular weight is 429 g/mol. The summed E-state index contributed by atoms with van der Waals surface area (Å²) in [5.74, 6) is -3.98. The average Bonchev–Trinajstić information content (AvgIpc) is 2.42. The minimum Gasteiger partial charge on any atom is -0.755 e. The zero-order valence-corrected chi connectivity index (χ0v) is 16.8. The molecule has 0 aliphatic heterocycles. The molecule has 1 aromatic carbocycles. The Morgan fingerprint density at radius 2 is 1.92 bits per heavy atom. The Morgan fingerprint density at radius 1 is 1.35 bits per heavy atom. The zero-order chi connectivity index (χ0) is 20.2. The van der Waals surface area contributed by atoms with Crippen molar-refractivity contribution >= 4 is 44.4 Å². The van der Waals surface area contributed by atoms with E-state index in [4.69, 9.17) is 16.7 Å². The van der Waals surface area contributed by atoms with E-state index in [1.165, 1.54) is 6.92 Å². The van der Waals surface area contributed by atoms with Gasteiger partial charge in [0.05, 0.1) is 22.2 Å². The number of sulfone groups is 1. The lowest BCUT2D eigenvalue weighted by Gasteiger charge is -2.30. The summed E-state index contributed by atoms with van der Waals surface area (Å²) in [4.78, 5) is 11.1. The molecule has 0 radical (unpaired) electrons. The van der Waals surface area contributed by atoms with E-state index in [2.05, 4.69) is 0 Å². The molecule has 0 amide bonds. The highest BCUT2D eigenvalue weighted by Crippen LogP contribution is 2.29. The van der Waals surface area contributed by atoms with Crippen LogP contribution in [0.3, 0.4) is 0 Å². The first-order valence-electron chi connectivity index (χ1n) is 7.64. The summed E-state index contributed by atoms with van der Waals surface area (Å²) < 4.78 is 62.2. The molecule has 0 fully saturated rings. The molecule has 0 aromatic heterocycles. The fraction of sp³-hybridized carbons (Fsp3) is 0.533. The quantitative estimate of drug-likeness (QED) is 0.604. The van der Waals surface area contributed by atoms with Gasteiger partial charge in [0.2, 0.25) is 0 Å².